The Labute approximate surface area is 144 Å². The number of hydrogen-bond acceptors (Lipinski definition) is 3. The van der Waals surface area contributed by atoms with Gasteiger partial charge in [0, 0.05) is 37.1 Å². The van der Waals surface area contributed by atoms with Crippen molar-refractivity contribution >= 4 is 17.7 Å². The predicted octanol–water partition coefficient (Wildman–Crippen LogP) is 2.42. The first-order valence-electron chi connectivity index (χ1n) is 8.61. The van der Waals surface area contributed by atoms with Crippen LogP contribution in [0, 0.1) is 13.8 Å². The van der Waals surface area contributed by atoms with Gasteiger partial charge < -0.3 is 10.6 Å². The zero-order valence-corrected chi connectivity index (χ0v) is 16.0. The molecule has 2 atom stereocenters. The van der Waals surface area contributed by atoms with Crippen molar-refractivity contribution in [2.75, 3.05) is 19.3 Å². The Bertz CT molecular complexity index is 537. The first-order chi connectivity index (χ1) is 11.0. The molecule has 23 heavy (non-hydrogen) atoms. The number of aromatic nitrogens is 2. The van der Waals surface area contributed by atoms with Crippen LogP contribution in [0.25, 0.3) is 0 Å². The molecule has 1 heterocycles. The molecular weight excluding hydrogens is 306 g/mol. The summed E-state index contributed by atoms with van der Waals surface area (Å²) in [6.07, 6.45) is 6.96. The molecule has 0 radical (unpaired) electrons. The van der Waals surface area contributed by atoms with Crippen LogP contribution in [0.1, 0.15) is 43.1 Å². The quantitative estimate of drug-likeness (QED) is 0.618. The normalized spacial score (nSPS) is 21.7. The van der Waals surface area contributed by atoms with E-state index in [2.05, 4.69) is 42.8 Å². The lowest BCUT2D eigenvalue weighted by atomic mass is 10.1. The lowest BCUT2D eigenvalue weighted by Gasteiger charge is -2.17. The van der Waals surface area contributed by atoms with E-state index in [-0.39, 0.29) is 0 Å². The largest absolute Gasteiger partial charge is 0.357 e. The number of nitrogens with one attached hydrogen (secondary N) is 2. The second-order valence-electron chi connectivity index (χ2n) is 6.30. The fourth-order valence-corrected chi connectivity index (χ4v) is 4.05. The number of guanidine groups is 1. The number of aliphatic imine (C=N–C) groups is 1. The number of hydrogen-bond donors (Lipinski definition) is 2. The Balaban J connectivity index is 1.91. The van der Waals surface area contributed by atoms with Crippen LogP contribution in [0.3, 0.4) is 0 Å². The summed E-state index contributed by atoms with van der Waals surface area (Å²) in [5.41, 5.74) is 3.70. The van der Waals surface area contributed by atoms with Crippen molar-refractivity contribution in [2.24, 2.45) is 12.0 Å². The molecular formula is C17H31N5S. The molecule has 0 aromatic carbocycles. The molecule has 0 spiro atoms. The Hall–Kier alpha value is -1.17. The summed E-state index contributed by atoms with van der Waals surface area (Å²) >= 11 is 1.99. The summed E-state index contributed by atoms with van der Waals surface area (Å²) in [6, 6.07) is 0.562. The second kappa shape index (κ2) is 8.62. The van der Waals surface area contributed by atoms with Gasteiger partial charge in [0.15, 0.2) is 5.96 Å². The highest BCUT2D eigenvalue weighted by Crippen LogP contribution is 2.28. The number of aryl methyl sites for hydroxylation is 2. The maximum Gasteiger partial charge on any atom is 0.191 e. The van der Waals surface area contributed by atoms with Gasteiger partial charge in [0.25, 0.3) is 0 Å². The predicted molar refractivity (Wildman–Crippen MR) is 100 cm³/mol. The smallest absolute Gasteiger partial charge is 0.191 e. The molecule has 1 fully saturated rings. The third-order valence-electron chi connectivity index (χ3n) is 4.69. The van der Waals surface area contributed by atoms with E-state index >= 15 is 0 Å². The van der Waals surface area contributed by atoms with Gasteiger partial charge >= 0.3 is 0 Å². The molecule has 0 saturated heterocycles. The minimum atomic E-state index is 0.562. The molecule has 2 N–H and O–H groups in total. The molecule has 0 bridgehead atoms. The Morgan fingerprint density at radius 2 is 2.17 bits per heavy atom. The van der Waals surface area contributed by atoms with Crippen LogP contribution in [0.15, 0.2) is 4.99 Å². The van der Waals surface area contributed by atoms with E-state index in [1.54, 1.807) is 0 Å². The molecule has 2 unspecified atom stereocenters. The molecule has 1 aromatic heterocycles. The Morgan fingerprint density at radius 3 is 2.74 bits per heavy atom. The molecule has 1 saturated carbocycles. The van der Waals surface area contributed by atoms with Gasteiger partial charge in [-0.15, -0.1) is 0 Å². The second-order valence-corrected chi connectivity index (χ2v) is 7.43. The van der Waals surface area contributed by atoms with E-state index < -0.39 is 0 Å². The van der Waals surface area contributed by atoms with Crippen molar-refractivity contribution in [1.29, 1.82) is 0 Å². The van der Waals surface area contributed by atoms with Crippen LogP contribution in [-0.2, 0) is 13.5 Å². The molecule has 1 aliphatic carbocycles. The third-order valence-corrected chi connectivity index (χ3v) is 5.79. The highest BCUT2D eigenvalue weighted by Gasteiger charge is 2.24. The van der Waals surface area contributed by atoms with Crippen molar-refractivity contribution in [1.82, 2.24) is 20.4 Å². The highest BCUT2D eigenvalue weighted by molar-refractivity contribution is 7.99. The summed E-state index contributed by atoms with van der Waals surface area (Å²) in [5.74, 6) is 0.957. The third kappa shape index (κ3) is 4.90. The van der Waals surface area contributed by atoms with Crippen LogP contribution in [-0.4, -0.2) is 46.4 Å². The van der Waals surface area contributed by atoms with E-state index in [1.165, 1.54) is 30.5 Å². The van der Waals surface area contributed by atoms with Gasteiger partial charge in [-0.25, -0.2) is 0 Å². The van der Waals surface area contributed by atoms with Gasteiger partial charge in [-0.05, 0) is 58.3 Å². The maximum absolute atomic E-state index is 4.77. The average Bonchev–Trinajstić information content (AvgIpc) is 3.07. The van der Waals surface area contributed by atoms with Crippen LogP contribution in [0.2, 0.25) is 0 Å². The van der Waals surface area contributed by atoms with E-state index in [4.69, 9.17) is 4.99 Å². The van der Waals surface area contributed by atoms with E-state index in [9.17, 15) is 0 Å². The van der Waals surface area contributed by atoms with Gasteiger partial charge in [0.05, 0.1) is 5.69 Å². The Kier molecular flexibility index (Phi) is 6.81. The van der Waals surface area contributed by atoms with Gasteiger partial charge in [-0.3, -0.25) is 9.67 Å². The summed E-state index contributed by atoms with van der Waals surface area (Å²) in [6.45, 7) is 8.02. The van der Waals surface area contributed by atoms with Gasteiger partial charge in [-0.1, -0.05) is 0 Å². The number of rotatable bonds is 6. The fraction of sp³-hybridized carbons (Fsp3) is 0.765. The van der Waals surface area contributed by atoms with Gasteiger partial charge in [-0.2, -0.15) is 16.9 Å². The van der Waals surface area contributed by atoms with Crippen LogP contribution >= 0.6 is 11.8 Å². The molecule has 0 aliphatic heterocycles. The topological polar surface area (TPSA) is 54.2 Å². The van der Waals surface area contributed by atoms with Crippen LogP contribution in [0.4, 0.5) is 0 Å². The van der Waals surface area contributed by atoms with Gasteiger partial charge in [0.1, 0.15) is 0 Å². The fourth-order valence-electron chi connectivity index (χ4n) is 3.26. The summed E-state index contributed by atoms with van der Waals surface area (Å²) < 4.78 is 1.96. The van der Waals surface area contributed by atoms with Crippen molar-refractivity contribution < 1.29 is 0 Å². The minimum absolute atomic E-state index is 0.562. The van der Waals surface area contributed by atoms with Crippen molar-refractivity contribution in [3.8, 4) is 0 Å². The monoisotopic (exact) mass is 337 g/mol. The van der Waals surface area contributed by atoms with E-state index in [0.717, 1.165) is 36.4 Å². The van der Waals surface area contributed by atoms with Crippen LogP contribution in [0.5, 0.6) is 0 Å². The minimum Gasteiger partial charge on any atom is -0.357 e. The molecule has 2 rings (SSSR count). The first-order valence-corrected chi connectivity index (χ1v) is 9.90. The molecule has 5 nitrogen and oxygen atoms in total. The Morgan fingerprint density at radius 1 is 1.39 bits per heavy atom. The standard InChI is InChI=1S/C17H31N5S/c1-6-18-17(20-14-7-8-15(11-14)23-5)19-10-9-16-12(2)21-22(4)13(16)3/h14-15H,6-11H2,1-5H3,(H2,18,19,20). The highest BCUT2D eigenvalue weighted by atomic mass is 32.2. The summed E-state index contributed by atoms with van der Waals surface area (Å²) in [5, 5.41) is 12.3. The maximum atomic E-state index is 4.77. The van der Waals surface area contributed by atoms with E-state index in [0.29, 0.717) is 6.04 Å². The van der Waals surface area contributed by atoms with E-state index in [1.807, 2.05) is 23.5 Å². The lowest BCUT2D eigenvalue weighted by Crippen LogP contribution is -2.42. The van der Waals surface area contributed by atoms with Crippen molar-refractivity contribution in [3.05, 3.63) is 17.0 Å². The van der Waals surface area contributed by atoms with Crippen LogP contribution < -0.4 is 10.6 Å². The van der Waals surface area contributed by atoms with Crippen molar-refractivity contribution in [2.45, 2.75) is 57.7 Å². The summed E-state index contributed by atoms with van der Waals surface area (Å²) in [4.78, 5) is 4.77. The van der Waals surface area contributed by atoms with Gasteiger partial charge in [0.2, 0.25) is 0 Å². The first kappa shape index (κ1) is 18.2. The number of thioether (sulfide) groups is 1. The lowest BCUT2D eigenvalue weighted by molar-refractivity contribution is 0.615. The molecule has 1 aliphatic rings. The SMILES string of the molecule is CCNC(=NCCc1c(C)nn(C)c1C)NC1CCC(SC)C1. The molecule has 0 amide bonds. The zero-order valence-electron chi connectivity index (χ0n) is 15.1. The molecule has 1 aromatic rings. The zero-order chi connectivity index (χ0) is 16.8. The van der Waals surface area contributed by atoms with Crippen molar-refractivity contribution in [3.63, 3.8) is 0 Å². The molecule has 6 heteroatoms. The average molecular weight is 338 g/mol. The number of nitrogens with zero attached hydrogens (tertiary/aromatic N) is 3. The molecule has 130 valence electrons. The summed E-state index contributed by atoms with van der Waals surface area (Å²) in [7, 11) is 2.00.